The van der Waals surface area contributed by atoms with Crippen LogP contribution in [0, 0.1) is 5.82 Å². The summed E-state index contributed by atoms with van der Waals surface area (Å²) in [6.45, 7) is 0.765. The van der Waals surface area contributed by atoms with E-state index < -0.39 is 44.4 Å². The molecule has 3 N–H and O–H groups in total. The fraction of sp³-hybridized carbons (Fsp3) is 0.381. The second-order valence-corrected chi connectivity index (χ2v) is 10.7. The van der Waals surface area contributed by atoms with E-state index in [9.17, 15) is 23.4 Å². The maximum atomic E-state index is 15.2. The van der Waals surface area contributed by atoms with E-state index >= 15 is 4.39 Å². The number of hydrogen-bond acceptors (Lipinski definition) is 6. The minimum Gasteiger partial charge on any atom is -0.507 e. The van der Waals surface area contributed by atoms with Gasteiger partial charge in [-0.2, -0.15) is 0 Å². The molecule has 0 aromatic heterocycles. The van der Waals surface area contributed by atoms with Gasteiger partial charge in [0.1, 0.15) is 27.8 Å². The number of carbonyl (C=O) groups excluding carboxylic acids is 1. The van der Waals surface area contributed by atoms with Crippen LogP contribution in [0.4, 0.5) is 4.39 Å². The molecule has 1 aliphatic carbocycles. The Morgan fingerprint density at radius 3 is 2.61 bits per heavy atom. The lowest BCUT2D eigenvalue weighted by Gasteiger charge is -2.17. The molecule has 2 aliphatic rings. The summed E-state index contributed by atoms with van der Waals surface area (Å²) in [6, 6.07) is 4.98. The van der Waals surface area contributed by atoms with E-state index in [0.29, 0.717) is 24.1 Å². The maximum Gasteiger partial charge on any atom is 0.258 e. The van der Waals surface area contributed by atoms with Crippen molar-refractivity contribution in [2.24, 2.45) is 0 Å². The van der Waals surface area contributed by atoms with Crippen molar-refractivity contribution in [3.63, 3.8) is 0 Å². The van der Waals surface area contributed by atoms with Crippen LogP contribution in [-0.4, -0.2) is 43.8 Å². The van der Waals surface area contributed by atoms with Crippen LogP contribution in [0.5, 0.6) is 11.5 Å². The molecule has 0 unspecified atom stereocenters. The highest BCUT2D eigenvalue weighted by Crippen LogP contribution is 2.45. The van der Waals surface area contributed by atoms with Crippen molar-refractivity contribution in [2.45, 2.75) is 41.9 Å². The number of hydrogen-bond donors (Lipinski definition) is 3. The number of phenols is 2. The number of sulfone groups is 1. The molecule has 1 heterocycles. The summed E-state index contributed by atoms with van der Waals surface area (Å²) in [7, 11) is -4.10. The summed E-state index contributed by atoms with van der Waals surface area (Å²) < 4.78 is 46.7. The van der Waals surface area contributed by atoms with Crippen molar-refractivity contribution in [2.75, 3.05) is 13.2 Å². The molecule has 166 valence electrons. The minimum absolute atomic E-state index is 0.0875. The zero-order valence-electron chi connectivity index (χ0n) is 16.4. The average Bonchev–Trinajstić information content (AvgIpc) is 3.42. The van der Waals surface area contributed by atoms with Crippen LogP contribution >= 0.6 is 15.9 Å². The number of rotatable bonds is 6. The quantitative estimate of drug-likeness (QED) is 0.545. The minimum atomic E-state index is -4.10. The molecule has 4 rings (SSSR count). The van der Waals surface area contributed by atoms with E-state index in [1.165, 1.54) is 24.3 Å². The molecule has 0 radical (unpaired) electrons. The molecule has 2 aromatic carbocycles. The Labute approximate surface area is 187 Å². The monoisotopic (exact) mass is 513 g/mol. The van der Waals surface area contributed by atoms with Crippen molar-refractivity contribution in [3.05, 3.63) is 51.2 Å². The van der Waals surface area contributed by atoms with Gasteiger partial charge in [0.15, 0.2) is 9.84 Å². The SMILES string of the molecule is O=C(N[C@@H]1CCOC1)c1c(O)c(CS(=O)(=O)c2cc(Br)ccc2O)cc(C2CC2)c1F. The number of halogens is 2. The van der Waals surface area contributed by atoms with Gasteiger partial charge >= 0.3 is 0 Å². The molecule has 0 bridgehead atoms. The van der Waals surface area contributed by atoms with Gasteiger partial charge in [-0.15, -0.1) is 0 Å². The van der Waals surface area contributed by atoms with Gasteiger partial charge in [0.05, 0.1) is 18.4 Å². The van der Waals surface area contributed by atoms with E-state index in [1.807, 2.05) is 0 Å². The number of benzene rings is 2. The molecule has 31 heavy (non-hydrogen) atoms. The lowest BCUT2D eigenvalue weighted by atomic mass is 9.99. The van der Waals surface area contributed by atoms with E-state index in [4.69, 9.17) is 4.74 Å². The van der Waals surface area contributed by atoms with Crippen LogP contribution < -0.4 is 5.32 Å². The largest absolute Gasteiger partial charge is 0.507 e. The fourth-order valence-corrected chi connectivity index (χ4v) is 5.65. The molecule has 10 heteroatoms. The highest BCUT2D eigenvalue weighted by atomic mass is 79.9. The standard InChI is InChI=1S/C21H21BrFNO6S/c22-13-3-4-16(25)17(8-13)31(28,29)10-12-7-15(11-1-2-11)19(23)18(20(12)26)21(27)24-14-5-6-30-9-14/h3-4,7-8,11,14,25-26H,1-2,5-6,9-10H2,(H,24,27)/t14-/m1/s1. The van der Waals surface area contributed by atoms with Crippen molar-refractivity contribution < 1.29 is 32.6 Å². The van der Waals surface area contributed by atoms with Crippen LogP contribution in [0.2, 0.25) is 0 Å². The first-order valence-corrected chi connectivity index (χ1v) is 12.3. The summed E-state index contributed by atoms with van der Waals surface area (Å²) in [5, 5.41) is 23.4. The number of carbonyl (C=O) groups is 1. The number of amides is 1. The van der Waals surface area contributed by atoms with Gasteiger partial charge < -0.3 is 20.3 Å². The van der Waals surface area contributed by atoms with Crippen molar-refractivity contribution >= 4 is 31.7 Å². The van der Waals surface area contributed by atoms with Gasteiger partial charge in [-0.25, -0.2) is 12.8 Å². The first-order chi connectivity index (χ1) is 14.7. The fourth-order valence-electron chi connectivity index (χ4n) is 3.66. The molecule has 7 nitrogen and oxygen atoms in total. The number of phenolic OH excluding ortho intramolecular Hbond substituents is 2. The Morgan fingerprint density at radius 2 is 1.97 bits per heavy atom. The van der Waals surface area contributed by atoms with Crippen LogP contribution in [0.15, 0.2) is 33.6 Å². The third-order valence-corrected chi connectivity index (χ3v) is 7.64. The van der Waals surface area contributed by atoms with Crippen molar-refractivity contribution in [1.29, 1.82) is 0 Å². The van der Waals surface area contributed by atoms with E-state index in [1.54, 1.807) is 0 Å². The lowest BCUT2D eigenvalue weighted by molar-refractivity contribution is 0.0922. The average molecular weight is 514 g/mol. The highest BCUT2D eigenvalue weighted by molar-refractivity contribution is 9.10. The van der Waals surface area contributed by atoms with Crippen LogP contribution in [0.1, 0.15) is 46.7 Å². The Balaban J connectivity index is 1.74. The Morgan fingerprint density at radius 1 is 1.23 bits per heavy atom. The van der Waals surface area contributed by atoms with Crippen molar-refractivity contribution in [3.8, 4) is 11.5 Å². The normalized spacial score (nSPS) is 18.8. The van der Waals surface area contributed by atoms with E-state index in [2.05, 4.69) is 21.2 Å². The summed E-state index contributed by atoms with van der Waals surface area (Å²) in [6.07, 6.45) is 2.01. The lowest BCUT2D eigenvalue weighted by Crippen LogP contribution is -2.35. The molecule has 2 aromatic rings. The predicted octanol–water partition coefficient (Wildman–Crippen LogP) is 3.37. The Hall–Kier alpha value is -2.17. The molecule has 2 fully saturated rings. The van der Waals surface area contributed by atoms with Gasteiger partial charge in [0.2, 0.25) is 0 Å². The summed E-state index contributed by atoms with van der Waals surface area (Å²) in [5.74, 6) is -3.61. The van der Waals surface area contributed by atoms with Gasteiger partial charge in [0, 0.05) is 16.6 Å². The molecule has 0 spiro atoms. The van der Waals surface area contributed by atoms with Gasteiger partial charge in [0.25, 0.3) is 5.91 Å². The zero-order valence-corrected chi connectivity index (χ0v) is 18.8. The molecular formula is C21H21BrFNO6S. The van der Waals surface area contributed by atoms with Gasteiger partial charge in [-0.3, -0.25) is 4.79 Å². The van der Waals surface area contributed by atoms with E-state index in [0.717, 1.165) is 12.8 Å². The molecule has 1 amide bonds. The number of aromatic hydroxyl groups is 2. The maximum absolute atomic E-state index is 15.2. The molecule has 1 saturated carbocycles. The second kappa shape index (κ2) is 8.40. The summed E-state index contributed by atoms with van der Waals surface area (Å²) in [4.78, 5) is 12.4. The molecular weight excluding hydrogens is 493 g/mol. The predicted molar refractivity (Wildman–Crippen MR) is 113 cm³/mol. The molecule has 1 aliphatic heterocycles. The van der Waals surface area contributed by atoms with Gasteiger partial charge in [-0.05, 0) is 55.0 Å². The first-order valence-electron chi connectivity index (χ1n) is 9.81. The van der Waals surface area contributed by atoms with Crippen LogP contribution in [0.3, 0.4) is 0 Å². The second-order valence-electron chi connectivity index (χ2n) is 7.84. The first kappa shape index (κ1) is 22.0. The molecule has 1 atom stereocenters. The Kier molecular flexibility index (Phi) is 5.97. The van der Waals surface area contributed by atoms with Crippen LogP contribution in [-0.2, 0) is 20.3 Å². The Bertz CT molecular complexity index is 1140. The topological polar surface area (TPSA) is 113 Å². The highest BCUT2D eigenvalue weighted by Gasteiger charge is 2.34. The number of ether oxygens (including phenoxy) is 1. The molecule has 1 saturated heterocycles. The summed E-state index contributed by atoms with van der Waals surface area (Å²) >= 11 is 3.17. The third-order valence-electron chi connectivity index (χ3n) is 5.46. The third kappa shape index (κ3) is 4.56. The van der Waals surface area contributed by atoms with Gasteiger partial charge in [-0.1, -0.05) is 15.9 Å². The number of nitrogens with one attached hydrogen (secondary N) is 1. The summed E-state index contributed by atoms with van der Waals surface area (Å²) in [5.41, 5.74) is -0.426. The van der Waals surface area contributed by atoms with Crippen LogP contribution in [0.25, 0.3) is 0 Å². The van der Waals surface area contributed by atoms with Crippen molar-refractivity contribution in [1.82, 2.24) is 5.32 Å². The van der Waals surface area contributed by atoms with E-state index in [-0.39, 0.29) is 28.0 Å². The smallest absolute Gasteiger partial charge is 0.258 e. The zero-order chi connectivity index (χ0) is 22.3.